The van der Waals surface area contributed by atoms with Crippen molar-refractivity contribution in [2.24, 2.45) is 0 Å². The molecule has 0 spiro atoms. The molecular formula is C10H10ClNO2. The minimum absolute atomic E-state index is 0.277. The molecule has 0 aliphatic heterocycles. The molecule has 0 bridgehead atoms. The smallest absolute Gasteiger partial charge is 0.251 e. The van der Waals surface area contributed by atoms with Crippen molar-refractivity contribution in [1.29, 1.82) is 0 Å². The first kappa shape index (κ1) is 10.7. The van der Waals surface area contributed by atoms with Crippen LogP contribution >= 0.6 is 11.6 Å². The lowest BCUT2D eigenvalue weighted by Crippen LogP contribution is -2.33. The minimum Gasteiger partial charge on any atom is -0.343 e. The summed E-state index contributed by atoms with van der Waals surface area (Å²) in [6.07, 6.45) is 0.674. The SMILES string of the molecule is CC(C=O)NC(=O)c1ccc(Cl)cc1. The molecule has 0 fully saturated rings. The number of carbonyl (C=O) groups is 2. The number of hydrogen-bond acceptors (Lipinski definition) is 2. The maximum atomic E-state index is 11.4. The number of rotatable bonds is 3. The number of hydrogen-bond donors (Lipinski definition) is 1. The summed E-state index contributed by atoms with van der Waals surface area (Å²) in [5, 5.41) is 3.09. The van der Waals surface area contributed by atoms with E-state index in [0.29, 0.717) is 16.9 Å². The topological polar surface area (TPSA) is 46.2 Å². The zero-order valence-electron chi connectivity index (χ0n) is 7.66. The van der Waals surface area contributed by atoms with Crippen LogP contribution in [0.4, 0.5) is 0 Å². The van der Waals surface area contributed by atoms with Crippen LogP contribution in [0.25, 0.3) is 0 Å². The monoisotopic (exact) mass is 211 g/mol. The van der Waals surface area contributed by atoms with Gasteiger partial charge in [-0.25, -0.2) is 0 Å². The largest absolute Gasteiger partial charge is 0.343 e. The lowest BCUT2D eigenvalue weighted by Gasteiger charge is -2.06. The predicted molar refractivity (Wildman–Crippen MR) is 54.4 cm³/mol. The number of halogens is 1. The van der Waals surface area contributed by atoms with Gasteiger partial charge in [0.05, 0.1) is 6.04 Å². The van der Waals surface area contributed by atoms with Gasteiger partial charge < -0.3 is 10.1 Å². The number of aldehydes is 1. The Balaban J connectivity index is 2.70. The molecule has 74 valence electrons. The van der Waals surface area contributed by atoms with Gasteiger partial charge in [-0.2, -0.15) is 0 Å². The molecule has 4 heteroatoms. The summed E-state index contributed by atoms with van der Waals surface area (Å²) in [4.78, 5) is 21.7. The molecule has 0 saturated carbocycles. The van der Waals surface area contributed by atoms with Crippen molar-refractivity contribution in [1.82, 2.24) is 5.32 Å². The summed E-state index contributed by atoms with van der Waals surface area (Å²) in [7, 11) is 0. The van der Waals surface area contributed by atoms with E-state index in [1.54, 1.807) is 31.2 Å². The highest BCUT2D eigenvalue weighted by Crippen LogP contribution is 2.09. The Morgan fingerprint density at radius 3 is 2.50 bits per heavy atom. The normalized spacial score (nSPS) is 11.9. The van der Waals surface area contributed by atoms with Crippen LogP contribution in [0.3, 0.4) is 0 Å². The second-order valence-corrected chi connectivity index (χ2v) is 3.34. The molecule has 1 amide bonds. The van der Waals surface area contributed by atoms with Crippen molar-refractivity contribution >= 4 is 23.8 Å². The number of nitrogens with one attached hydrogen (secondary N) is 1. The molecule has 1 aromatic carbocycles. The van der Waals surface area contributed by atoms with E-state index >= 15 is 0 Å². The van der Waals surface area contributed by atoms with Crippen LogP contribution in [-0.4, -0.2) is 18.2 Å². The highest BCUT2D eigenvalue weighted by Gasteiger charge is 2.07. The third-order valence-corrected chi connectivity index (χ3v) is 1.92. The highest BCUT2D eigenvalue weighted by molar-refractivity contribution is 6.30. The second-order valence-electron chi connectivity index (χ2n) is 2.91. The van der Waals surface area contributed by atoms with Gasteiger partial charge in [-0.05, 0) is 31.2 Å². The lowest BCUT2D eigenvalue weighted by molar-refractivity contribution is -0.109. The Kier molecular flexibility index (Phi) is 3.65. The van der Waals surface area contributed by atoms with E-state index in [2.05, 4.69) is 5.32 Å². The molecule has 0 aliphatic rings. The van der Waals surface area contributed by atoms with E-state index in [0.717, 1.165) is 0 Å². The van der Waals surface area contributed by atoms with Crippen LogP contribution in [0.15, 0.2) is 24.3 Å². The van der Waals surface area contributed by atoms with E-state index in [1.165, 1.54) is 0 Å². The molecule has 14 heavy (non-hydrogen) atoms. The van der Waals surface area contributed by atoms with Gasteiger partial charge in [0.15, 0.2) is 0 Å². The van der Waals surface area contributed by atoms with Gasteiger partial charge in [-0.15, -0.1) is 0 Å². The molecule has 0 heterocycles. The Morgan fingerprint density at radius 1 is 1.43 bits per heavy atom. The van der Waals surface area contributed by atoms with Crippen molar-refractivity contribution in [3.63, 3.8) is 0 Å². The van der Waals surface area contributed by atoms with Gasteiger partial charge in [0.25, 0.3) is 5.91 Å². The van der Waals surface area contributed by atoms with Crippen molar-refractivity contribution in [2.45, 2.75) is 13.0 Å². The summed E-state index contributed by atoms with van der Waals surface area (Å²) in [5.41, 5.74) is 0.489. The van der Waals surface area contributed by atoms with Gasteiger partial charge >= 0.3 is 0 Å². The van der Waals surface area contributed by atoms with Crippen molar-refractivity contribution < 1.29 is 9.59 Å². The number of carbonyl (C=O) groups excluding carboxylic acids is 2. The maximum Gasteiger partial charge on any atom is 0.251 e. The summed E-state index contributed by atoms with van der Waals surface area (Å²) >= 11 is 5.66. The molecule has 0 saturated heterocycles. The van der Waals surface area contributed by atoms with Crippen molar-refractivity contribution in [3.8, 4) is 0 Å². The Bertz CT molecular complexity index is 334. The quantitative estimate of drug-likeness (QED) is 0.773. The fourth-order valence-electron chi connectivity index (χ4n) is 0.925. The molecular weight excluding hydrogens is 202 g/mol. The van der Waals surface area contributed by atoms with E-state index in [-0.39, 0.29) is 5.91 Å². The van der Waals surface area contributed by atoms with Gasteiger partial charge in [-0.3, -0.25) is 4.79 Å². The summed E-state index contributed by atoms with van der Waals surface area (Å²) in [5.74, 6) is -0.277. The Labute approximate surface area is 87.1 Å². The molecule has 1 N–H and O–H groups in total. The Hall–Kier alpha value is -1.35. The molecule has 0 radical (unpaired) electrons. The molecule has 1 unspecified atom stereocenters. The third-order valence-electron chi connectivity index (χ3n) is 1.67. The van der Waals surface area contributed by atoms with Crippen LogP contribution in [0, 0.1) is 0 Å². The molecule has 1 rings (SSSR count). The third kappa shape index (κ3) is 2.85. The highest BCUT2D eigenvalue weighted by atomic mass is 35.5. The van der Waals surface area contributed by atoms with Crippen LogP contribution < -0.4 is 5.32 Å². The standard InChI is InChI=1S/C10H10ClNO2/c1-7(6-13)12-10(14)8-2-4-9(11)5-3-8/h2-7H,1H3,(H,12,14). The Morgan fingerprint density at radius 2 is 2.00 bits per heavy atom. The van der Waals surface area contributed by atoms with Gasteiger partial charge in [0, 0.05) is 10.6 Å². The second kappa shape index (κ2) is 4.77. The van der Waals surface area contributed by atoms with E-state index in [4.69, 9.17) is 11.6 Å². The lowest BCUT2D eigenvalue weighted by atomic mass is 10.2. The first-order valence-electron chi connectivity index (χ1n) is 4.15. The van der Waals surface area contributed by atoms with E-state index in [9.17, 15) is 9.59 Å². The average molecular weight is 212 g/mol. The average Bonchev–Trinajstić information content (AvgIpc) is 2.18. The van der Waals surface area contributed by atoms with Crippen LogP contribution in [0.2, 0.25) is 5.02 Å². The first-order valence-corrected chi connectivity index (χ1v) is 4.53. The number of benzene rings is 1. The van der Waals surface area contributed by atoms with Crippen LogP contribution in [-0.2, 0) is 4.79 Å². The summed E-state index contributed by atoms with van der Waals surface area (Å²) in [6.45, 7) is 1.61. The van der Waals surface area contributed by atoms with Crippen molar-refractivity contribution in [3.05, 3.63) is 34.9 Å². The molecule has 1 aromatic rings. The van der Waals surface area contributed by atoms with Crippen LogP contribution in [0.5, 0.6) is 0 Å². The maximum absolute atomic E-state index is 11.4. The number of amides is 1. The molecule has 0 aromatic heterocycles. The van der Waals surface area contributed by atoms with Crippen molar-refractivity contribution in [2.75, 3.05) is 0 Å². The predicted octanol–water partition coefficient (Wildman–Crippen LogP) is 1.66. The van der Waals surface area contributed by atoms with Gasteiger partial charge in [0.2, 0.25) is 0 Å². The summed E-state index contributed by atoms with van der Waals surface area (Å²) < 4.78 is 0. The fourth-order valence-corrected chi connectivity index (χ4v) is 1.05. The zero-order valence-corrected chi connectivity index (χ0v) is 8.41. The van der Waals surface area contributed by atoms with Gasteiger partial charge in [0.1, 0.15) is 6.29 Å². The zero-order chi connectivity index (χ0) is 10.6. The molecule has 0 aliphatic carbocycles. The summed E-state index contributed by atoms with van der Waals surface area (Å²) in [6, 6.07) is 5.99. The van der Waals surface area contributed by atoms with E-state index < -0.39 is 6.04 Å². The first-order chi connectivity index (χ1) is 6.63. The molecule has 1 atom stereocenters. The molecule has 3 nitrogen and oxygen atoms in total. The van der Waals surface area contributed by atoms with Crippen LogP contribution in [0.1, 0.15) is 17.3 Å². The van der Waals surface area contributed by atoms with E-state index in [1.807, 2.05) is 0 Å². The van der Waals surface area contributed by atoms with Gasteiger partial charge in [-0.1, -0.05) is 11.6 Å². The fraction of sp³-hybridized carbons (Fsp3) is 0.200. The minimum atomic E-state index is -0.474.